The lowest BCUT2D eigenvalue weighted by molar-refractivity contribution is -0.385. The van der Waals surface area contributed by atoms with Crippen molar-refractivity contribution in [2.24, 2.45) is 0 Å². The van der Waals surface area contributed by atoms with Gasteiger partial charge in [-0.05, 0) is 36.4 Å². The number of nitrogens with one attached hydrogen (secondary N) is 2. The Kier molecular flexibility index (Phi) is 5.58. The lowest BCUT2D eigenvalue weighted by Crippen LogP contribution is -2.28. The van der Waals surface area contributed by atoms with Crippen molar-refractivity contribution in [3.8, 4) is 0 Å². The van der Waals surface area contributed by atoms with E-state index in [2.05, 4.69) is 5.32 Å². The third-order valence-corrected chi connectivity index (χ3v) is 4.78. The molecule has 26 heavy (non-hydrogen) atoms. The molecule has 2 aromatic rings. The molecule has 0 fully saturated rings. The summed E-state index contributed by atoms with van der Waals surface area (Å²) in [6.07, 6.45) is 0. The molecule has 2 aromatic carbocycles. The van der Waals surface area contributed by atoms with Crippen molar-refractivity contribution >= 4 is 44.8 Å². The molecule has 0 spiro atoms. The molecular formula is C15H12ClN3O6S. The molecular weight excluding hydrogens is 386 g/mol. The number of benzene rings is 2. The molecule has 0 aliphatic carbocycles. The first kappa shape index (κ1) is 19.3. The first-order valence-corrected chi connectivity index (χ1v) is 8.85. The SMILES string of the molecule is CC(=O)NS(=O)(=O)c1ccc(NC(=O)c2cc(Cl)ccc2[N+](=O)[O-])cc1. The van der Waals surface area contributed by atoms with E-state index < -0.39 is 32.4 Å². The summed E-state index contributed by atoms with van der Waals surface area (Å²) in [5.41, 5.74) is -0.458. The quantitative estimate of drug-likeness (QED) is 0.587. The fourth-order valence-corrected chi connectivity index (χ4v) is 3.18. The molecule has 9 nitrogen and oxygen atoms in total. The number of halogens is 1. The maximum Gasteiger partial charge on any atom is 0.282 e. The van der Waals surface area contributed by atoms with Gasteiger partial charge in [0.2, 0.25) is 5.91 Å². The van der Waals surface area contributed by atoms with Crippen molar-refractivity contribution in [2.75, 3.05) is 5.32 Å². The summed E-state index contributed by atoms with van der Waals surface area (Å²) >= 11 is 5.78. The summed E-state index contributed by atoms with van der Waals surface area (Å²) in [5, 5.41) is 13.6. The maximum absolute atomic E-state index is 12.3. The summed E-state index contributed by atoms with van der Waals surface area (Å²) < 4.78 is 25.5. The van der Waals surface area contributed by atoms with E-state index in [9.17, 15) is 28.1 Å². The Hall–Kier alpha value is -2.98. The van der Waals surface area contributed by atoms with E-state index in [0.717, 1.165) is 19.1 Å². The predicted molar refractivity (Wildman–Crippen MR) is 93.5 cm³/mol. The zero-order valence-electron chi connectivity index (χ0n) is 13.2. The Bertz CT molecular complexity index is 989. The van der Waals surface area contributed by atoms with Crippen molar-refractivity contribution in [3.63, 3.8) is 0 Å². The molecule has 0 aliphatic rings. The highest BCUT2D eigenvalue weighted by Crippen LogP contribution is 2.24. The van der Waals surface area contributed by atoms with Gasteiger partial charge in [0, 0.05) is 23.7 Å². The third-order valence-electron chi connectivity index (χ3n) is 3.10. The van der Waals surface area contributed by atoms with Gasteiger partial charge in [-0.3, -0.25) is 19.7 Å². The van der Waals surface area contributed by atoms with Crippen LogP contribution >= 0.6 is 11.6 Å². The standard InChI is InChI=1S/C15H12ClN3O6S/c1-9(20)18-26(24,25)12-5-3-11(4-6-12)17-15(21)13-8-10(16)2-7-14(13)19(22)23/h2-8H,1H3,(H,17,21)(H,18,20). The first-order valence-electron chi connectivity index (χ1n) is 6.99. The van der Waals surface area contributed by atoms with Crippen molar-refractivity contribution < 1.29 is 22.9 Å². The number of sulfonamides is 1. The average molecular weight is 398 g/mol. The molecule has 2 amide bonds. The van der Waals surface area contributed by atoms with Crippen molar-refractivity contribution in [3.05, 3.63) is 63.2 Å². The Labute approximate surface area is 153 Å². The van der Waals surface area contributed by atoms with Gasteiger partial charge in [0.25, 0.3) is 21.6 Å². The number of hydrogen-bond donors (Lipinski definition) is 2. The van der Waals surface area contributed by atoms with E-state index >= 15 is 0 Å². The number of amides is 2. The van der Waals surface area contributed by atoms with E-state index in [1.807, 2.05) is 0 Å². The molecule has 0 aliphatic heterocycles. The van der Waals surface area contributed by atoms with Gasteiger partial charge in [-0.15, -0.1) is 0 Å². The molecule has 0 radical (unpaired) electrons. The zero-order valence-corrected chi connectivity index (χ0v) is 14.8. The van der Waals surface area contributed by atoms with E-state index in [1.165, 1.54) is 30.3 Å². The molecule has 0 saturated heterocycles. The minimum absolute atomic E-state index is 0.150. The normalized spacial score (nSPS) is 10.8. The second-order valence-corrected chi connectivity index (χ2v) is 7.18. The molecule has 0 unspecified atom stereocenters. The van der Waals surface area contributed by atoms with Crippen LogP contribution in [0.1, 0.15) is 17.3 Å². The van der Waals surface area contributed by atoms with E-state index in [4.69, 9.17) is 11.6 Å². The number of hydrogen-bond acceptors (Lipinski definition) is 6. The monoisotopic (exact) mass is 397 g/mol. The molecule has 11 heteroatoms. The summed E-state index contributed by atoms with van der Waals surface area (Å²) in [7, 11) is -4.00. The summed E-state index contributed by atoms with van der Waals surface area (Å²) in [5.74, 6) is -1.52. The van der Waals surface area contributed by atoms with Crippen LogP contribution in [0.5, 0.6) is 0 Å². The predicted octanol–water partition coefficient (Wildman–Crippen LogP) is 2.33. The highest BCUT2D eigenvalue weighted by Gasteiger charge is 2.21. The number of nitro groups is 1. The first-order chi connectivity index (χ1) is 12.1. The van der Waals surface area contributed by atoms with Gasteiger partial charge < -0.3 is 5.32 Å². The number of nitro benzene ring substituents is 1. The largest absolute Gasteiger partial charge is 0.322 e. The lowest BCUT2D eigenvalue weighted by atomic mass is 10.1. The highest BCUT2D eigenvalue weighted by molar-refractivity contribution is 7.90. The molecule has 2 N–H and O–H groups in total. The molecule has 0 atom stereocenters. The number of rotatable bonds is 5. The van der Waals surface area contributed by atoms with Crippen LogP contribution in [0.25, 0.3) is 0 Å². The van der Waals surface area contributed by atoms with Crippen LogP contribution in [0, 0.1) is 10.1 Å². The fourth-order valence-electron chi connectivity index (χ4n) is 2.01. The Morgan fingerprint density at radius 1 is 1.12 bits per heavy atom. The van der Waals surface area contributed by atoms with E-state index in [1.54, 1.807) is 4.72 Å². The second kappa shape index (κ2) is 7.50. The molecule has 0 aromatic heterocycles. The highest BCUT2D eigenvalue weighted by atomic mass is 35.5. The van der Waals surface area contributed by atoms with Gasteiger partial charge in [0.1, 0.15) is 5.56 Å². The number of carbonyl (C=O) groups is 2. The zero-order chi connectivity index (χ0) is 19.5. The van der Waals surface area contributed by atoms with E-state index in [-0.39, 0.29) is 21.2 Å². The smallest absolute Gasteiger partial charge is 0.282 e. The molecule has 0 heterocycles. The average Bonchev–Trinajstić information content (AvgIpc) is 2.53. The Balaban J connectivity index is 2.25. The van der Waals surface area contributed by atoms with Gasteiger partial charge in [0.15, 0.2) is 0 Å². The van der Waals surface area contributed by atoms with E-state index in [0.29, 0.717) is 0 Å². The maximum atomic E-state index is 12.3. The van der Waals surface area contributed by atoms with Gasteiger partial charge in [-0.2, -0.15) is 0 Å². The van der Waals surface area contributed by atoms with Crippen LogP contribution in [0.3, 0.4) is 0 Å². The molecule has 136 valence electrons. The number of carbonyl (C=O) groups excluding carboxylic acids is 2. The van der Waals surface area contributed by atoms with Crippen LogP contribution in [0.4, 0.5) is 11.4 Å². The molecule has 2 rings (SSSR count). The number of nitrogens with zero attached hydrogens (tertiary/aromatic N) is 1. The van der Waals surface area contributed by atoms with Crippen LogP contribution < -0.4 is 10.0 Å². The van der Waals surface area contributed by atoms with Crippen LogP contribution in [-0.4, -0.2) is 25.2 Å². The van der Waals surface area contributed by atoms with Gasteiger partial charge in [-0.1, -0.05) is 11.6 Å². The molecule has 0 saturated carbocycles. The summed E-state index contributed by atoms with van der Waals surface area (Å²) in [6, 6.07) is 8.47. The van der Waals surface area contributed by atoms with Gasteiger partial charge in [0.05, 0.1) is 9.82 Å². The lowest BCUT2D eigenvalue weighted by Gasteiger charge is -2.08. The summed E-state index contributed by atoms with van der Waals surface area (Å²) in [6.45, 7) is 1.06. The summed E-state index contributed by atoms with van der Waals surface area (Å²) in [4.78, 5) is 33.3. The van der Waals surface area contributed by atoms with Gasteiger partial charge in [-0.25, -0.2) is 13.1 Å². The minimum Gasteiger partial charge on any atom is -0.322 e. The van der Waals surface area contributed by atoms with Gasteiger partial charge >= 0.3 is 0 Å². The van der Waals surface area contributed by atoms with Crippen molar-refractivity contribution in [1.29, 1.82) is 0 Å². The Morgan fingerprint density at radius 3 is 2.27 bits per heavy atom. The fraction of sp³-hybridized carbons (Fsp3) is 0.0667. The second-order valence-electron chi connectivity index (χ2n) is 5.06. The Morgan fingerprint density at radius 2 is 1.73 bits per heavy atom. The van der Waals surface area contributed by atoms with Crippen LogP contribution in [-0.2, 0) is 14.8 Å². The third kappa shape index (κ3) is 4.55. The molecule has 0 bridgehead atoms. The van der Waals surface area contributed by atoms with Crippen LogP contribution in [0.15, 0.2) is 47.4 Å². The topological polar surface area (TPSA) is 135 Å². The minimum atomic E-state index is -4.00. The van der Waals surface area contributed by atoms with Crippen molar-refractivity contribution in [2.45, 2.75) is 11.8 Å². The number of anilines is 1. The van der Waals surface area contributed by atoms with Crippen LogP contribution in [0.2, 0.25) is 5.02 Å². The van der Waals surface area contributed by atoms with Crippen molar-refractivity contribution in [1.82, 2.24) is 4.72 Å².